The highest BCUT2D eigenvalue weighted by molar-refractivity contribution is 5.97. The van der Waals surface area contributed by atoms with Crippen molar-refractivity contribution in [2.45, 2.75) is 19.9 Å². The molecule has 3 aromatic rings. The molecule has 0 unspecified atom stereocenters. The summed E-state index contributed by atoms with van der Waals surface area (Å²) in [5, 5.41) is 17.3. The number of amides is 2. The highest BCUT2D eigenvalue weighted by Crippen LogP contribution is 2.30. The number of hydrazone groups is 1. The van der Waals surface area contributed by atoms with E-state index in [4.69, 9.17) is 4.42 Å². The van der Waals surface area contributed by atoms with Crippen molar-refractivity contribution >= 4 is 23.7 Å². The smallest absolute Gasteiger partial charge is 0.273 e. The maximum atomic E-state index is 13.7. The topological polar surface area (TPSA) is 127 Å². The van der Waals surface area contributed by atoms with Gasteiger partial charge in [0, 0.05) is 17.2 Å². The lowest BCUT2D eigenvalue weighted by Gasteiger charge is -2.12. The van der Waals surface area contributed by atoms with Crippen molar-refractivity contribution < 1.29 is 23.3 Å². The van der Waals surface area contributed by atoms with Crippen LogP contribution in [0.1, 0.15) is 28.6 Å². The molecule has 1 heterocycles. The van der Waals surface area contributed by atoms with Crippen LogP contribution in [0.15, 0.2) is 64.1 Å². The van der Waals surface area contributed by atoms with Crippen molar-refractivity contribution in [2.24, 2.45) is 5.10 Å². The van der Waals surface area contributed by atoms with Crippen LogP contribution < -0.4 is 10.7 Å². The molecule has 0 radical (unpaired) electrons. The summed E-state index contributed by atoms with van der Waals surface area (Å²) in [5.41, 5.74) is 3.09. The summed E-state index contributed by atoms with van der Waals surface area (Å²) < 4.78 is 19.3. The Balaban J connectivity index is 1.61. The second kappa shape index (κ2) is 9.65. The molecule has 10 heteroatoms. The van der Waals surface area contributed by atoms with Crippen LogP contribution >= 0.6 is 0 Å². The predicted octanol–water partition coefficient (Wildman–Crippen LogP) is 3.57. The Morgan fingerprint density at radius 3 is 2.62 bits per heavy atom. The Labute approximate surface area is 182 Å². The molecule has 0 saturated heterocycles. The molecule has 9 nitrogen and oxygen atoms in total. The second-order valence-electron chi connectivity index (χ2n) is 6.82. The van der Waals surface area contributed by atoms with E-state index in [-0.39, 0.29) is 11.3 Å². The van der Waals surface area contributed by atoms with Gasteiger partial charge in [-0.25, -0.2) is 9.82 Å². The number of nitro benzene ring substituents is 1. The third-order valence-electron chi connectivity index (χ3n) is 4.62. The van der Waals surface area contributed by atoms with E-state index in [1.54, 1.807) is 31.2 Å². The number of carbonyl (C=O) groups excluding carboxylic acids is 2. The number of hydrogen-bond donors (Lipinski definition) is 2. The zero-order valence-electron chi connectivity index (χ0n) is 17.2. The number of halogens is 1. The van der Waals surface area contributed by atoms with Crippen molar-refractivity contribution in [3.05, 3.63) is 87.4 Å². The fourth-order valence-electron chi connectivity index (χ4n) is 2.90. The summed E-state index contributed by atoms with van der Waals surface area (Å²) in [7, 11) is 0. The molecule has 32 heavy (non-hydrogen) atoms. The summed E-state index contributed by atoms with van der Waals surface area (Å²) in [6, 6.07) is 12.3. The average Bonchev–Trinajstić information content (AvgIpc) is 3.22. The number of nitrogens with zero attached hydrogens (tertiary/aromatic N) is 2. The Bertz CT molecular complexity index is 1200. The summed E-state index contributed by atoms with van der Waals surface area (Å²) in [6.07, 6.45) is 1.25. The Morgan fingerprint density at radius 1 is 1.16 bits per heavy atom. The van der Waals surface area contributed by atoms with Crippen LogP contribution in [0, 0.1) is 22.9 Å². The van der Waals surface area contributed by atoms with Crippen LogP contribution in [0.4, 0.5) is 10.1 Å². The first-order valence-corrected chi connectivity index (χ1v) is 9.50. The Morgan fingerprint density at radius 2 is 1.91 bits per heavy atom. The minimum Gasteiger partial charge on any atom is -0.455 e. The molecule has 2 N–H and O–H groups in total. The standard InChI is InChI=1S/C22H19FN4O5/c1-13-16(7-5-9-19(13)27(30)31)20-11-10-15(32-20)12-24-26-21(28)14(2)25-22(29)17-6-3-4-8-18(17)23/h3-12,14H,1-2H3,(H,25,29)(H,26,28)/b24-12-/t14-/m1/s1. The van der Waals surface area contributed by atoms with Gasteiger partial charge < -0.3 is 9.73 Å². The third-order valence-corrected chi connectivity index (χ3v) is 4.62. The van der Waals surface area contributed by atoms with Gasteiger partial charge in [-0.15, -0.1) is 0 Å². The van der Waals surface area contributed by atoms with Crippen molar-refractivity contribution in [3.8, 4) is 11.3 Å². The van der Waals surface area contributed by atoms with E-state index < -0.39 is 28.6 Å². The van der Waals surface area contributed by atoms with Gasteiger partial charge in [-0.2, -0.15) is 5.10 Å². The highest BCUT2D eigenvalue weighted by Gasteiger charge is 2.19. The quantitative estimate of drug-likeness (QED) is 0.331. The van der Waals surface area contributed by atoms with Crippen molar-refractivity contribution in [3.63, 3.8) is 0 Å². The monoisotopic (exact) mass is 438 g/mol. The first-order valence-electron chi connectivity index (χ1n) is 9.50. The van der Waals surface area contributed by atoms with Crippen LogP contribution in [-0.4, -0.2) is 29.0 Å². The van der Waals surface area contributed by atoms with Gasteiger partial charge >= 0.3 is 0 Å². The lowest BCUT2D eigenvalue weighted by Crippen LogP contribution is -2.43. The lowest BCUT2D eigenvalue weighted by molar-refractivity contribution is -0.385. The van der Waals surface area contributed by atoms with Crippen LogP contribution in [-0.2, 0) is 4.79 Å². The SMILES string of the molecule is Cc1c(-c2ccc(/C=N\NC(=O)[C@@H](C)NC(=O)c3ccccc3F)o2)cccc1[N+](=O)[O-]. The third kappa shape index (κ3) is 5.04. The van der Waals surface area contributed by atoms with Crippen molar-refractivity contribution in [1.82, 2.24) is 10.7 Å². The molecule has 0 saturated carbocycles. The molecule has 0 aliphatic heterocycles. The predicted molar refractivity (Wildman–Crippen MR) is 115 cm³/mol. The number of nitrogens with one attached hydrogen (secondary N) is 2. The van der Waals surface area contributed by atoms with E-state index in [0.29, 0.717) is 22.6 Å². The van der Waals surface area contributed by atoms with Gasteiger partial charge in [0.15, 0.2) is 0 Å². The molecule has 2 amide bonds. The van der Waals surface area contributed by atoms with E-state index in [0.717, 1.165) is 6.07 Å². The molecule has 164 valence electrons. The van der Waals surface area contributed by atoms with E-state index in [9.17, 15) is 24.1 Å². The maximum absolute atomic E-state index is 13.7. The van der Waals surface area contributed by atoms with Gasteiger partial charge in [0.2, 0.25) is 0 Å². The Kier molecular flexibility index (Phi) is 6.74. The fraction of sp³-hybridized carbons (Fsp3) is 0.136. The van der Waals surface area contributed by atoms with Crippen LogP contribution in [0.3, 0.4) is 0 Å². The van der Waals surface area contributed by atoms with E-state index in [2.05, 4.69) is 15.8 Å². The van der Waals surface area contributed by atoms with Gasteiger partial charge in [-0.3, -0.25) is 19.7 Å². The molecule has 1 aromatic heterocycles. The van der Waals surface area contributed by atoms with Gasteiger partial charge in [0.05, 0.1) is 16.7 Å². The lowest BCUT2D eigenvalue weighted by atomic mass is 10.1. The molecule has 0 fully saturated rings. The largest absolute Gasteiger partial charge is 0.455 e. The fourth-order valence-corrected chi connectivity index (χ4v) is 2.90. The second-order valence-corrected chi connectivity index (χ2v) is 6.82. The first kappa shape index (κ1) is 22.3. The number of carbonyl (C=O) groups is 2. The summed E-state index contributed by atoms with van der Waals surface area (Å²) in [4.78, 5) is 34.8. The molecule has 1 atom stereocenters. The minimum absolute atomic E-state index is 0.0206. The van der Waals surface area contributed by atoms with Gasteiger partial charge in [0.25, 0.3) is 17.5 Å². The molecule has 0 bridgehead atoms. The number of hydrogen-bond acceptors (Lipinski definition) is 6. The van der Waals surface area contributed by atoms with Crippen LogP contribution in [0.5, 0.6) is 0 Å². The van der Waals surface area contributed by atoms with E-state index in [1.165, 1.54) is 37.4 Å². The molecule has 3 rings (SSSR count). The number of nitro groups is 1. The van der Waals surface area contributed by atoms with Crippen LogP contribution in [0.2, 0.25) is 0 Å². The maximum Gasteiger partial charge on any atom is 0.273 e. The van der Waals surface area contributed by atoms with E-state index in [1.807, 2.05) is 0 Å². The first-order chi connectivity index (χ1) is 15.3. The molecule has 0 aliphatic carbocycles. The molecular weight excluding hydrogens is 419 g/mol. The summed E-state index contributed by atoms with van der Waals surface area (Å²) >= 11 is 0. The minimum atomic E-state index is -0.973. The van der Waals surface area contributed by atoms with Gasteiger partial charge in [0.1, 0.15) is 23.4 Å². The highest BCUT2D eigenvalue weighted by atomic mass is 19.1. The number of rotatable bonds is 7. The van der Waals surface area contributed by atoms with E-state index >= 15 is 0 Å². The molecule has 2 aromatic carbocycles. The molecule has 0 spiro atoms. The number of benzene rings is 2. The summed E-state index contributed by atoms with van der Waals surface area (Å²) in [6.45, 7) is 3.06. The zero-order chi connectivity index (χ0) is 23.3. The average molecular weight is 438 g/mol. The van der Waals surface area contributed by atoms with Crippen molar-refractivity contribution in [1.29, 1.82) is 0 Å². The van der Waals surface area contributed by atoms with Gasteiger partial charge in [-0.05, 0) is 38.1 Å². The molecule has 0 aliphatic rings. The summed E-state index contributed by atoms with van der Waals surface area (Å²) in [5.74, 6) is -1.33. The normalized spacial score (nSPS) is 11.8. The van der Waals surface area contributed by atoms with Crippen LogP contribution in [0.25, 0.3) is 11.3 Å². The Hall–Kier alpha value is -4.34. The molecular formula is C22H19FN4O5. The van der Waals surface area contributed by atoms with Crippen molar-refractivity contribution in [2.75, 3.05) is 0 Å². The zero-order valence-corrected chi connectivity index (χ0v) is 17.2. The number of furan rings is 1. The van der Waals surface area contributed by atoms with Gasteiger partial charge in [-0.1, -0.05) is 24.3 Å².